The molecule has 2 aromatic heterocycles. The number of halogens is 1. The van der Waals surface area contributed by atoms with Crippen molar-refractivity contribution in [3.8, 4) is 0 Å². The number of anilines is 1. The van der Waals surface area contributed by atoms with E-state index in [1.807, 2.05) is 0 Å². The van der Waals surface area contributed by atoms with Gasteiger partial charge in [0.05, 0.1) is 10.3 Å². The number of carbonyl (C=O) groups is 2. The molecular formula is C20H17FN4O6S. The molecule has 0 aliphatic carbocycles. The summed E-state index contributed by atoms with van der Waals surface area (Å²) in [4.78, 5) is 52.9. The molecule has 4 rings (SSSR count). The number of rotatable bonds is 5. The number of hydrogen-bond acceptors (Lipinski definition) is 8. The van der Waals surface area contributed by atoms with Crippen LogP contribution < -0.4 is 10.9 Å². The van der Waals surface area contributed by atoms with Gasteiger partial charge in [-0.25, -0.2) is 9.78 Å². The van der Waals surface area contributed by atoms with Crippen molar-refractivity contribution in [1.29, 1.82) is 0 Å². The van der Waals surface area contributed by atoms with E-state index in [9.17, 15) is 28.9 Å². The highest BCUT2D eigenvalue weighted by Crippen LogP contribution is 2.29. The summed E-state index contributed by atoms with van der Waals surface area (Å²) in [6.45, 7) is 3.54. The zero-order chi connectivity index (χ0) is 23.2. The number of nitro benzene ring substituents is 1. The molecule has 1 aliphatic heterocycles. The molecule has 1 aliphatic rings. The quantitative estimate of drug-likeness (QED) is 0.351. The standard InChI is InChI=1S/C20H17FN4O6S/c1-9-15-18(23-14-4-3-7-24(14)19(15)27)32-16(9)20(28)31-10(2)17(26)22-11-5-6-12(21)13(8-11)25(29)30/h5-6,8,10H,3-4,7H2,1-2H3,(H,22,26). The summed E-state index contributed by atoms with van der Waals surface area (Å²) in [5, 5.41) is 13.6. The van der Waals surface area contributed by atoms with Gasteiger partial charge in [0.25, 0.3) is 11.5 Å². The molecule has 0 spiro atoms. The summed E-state index contributed by atoms with van der Waals surface area (Å²) in [6.07, 6.45) is 0.285. The largest absolute Gasteiger partial charge is 0.448 e. The number of amides is 1. The molecule has 0 fully saturated rings. The van der Waals surface area contributed by atoms with Crippen molar-refractivity contribution >= 4 is 44.8 Å². The normalized spacial score (nSPS) is 13.6. The fourth-order valence-corrected chi connectivity index (χ4v) is 4.59. The molecular weight excluding hydrogens is 443 g/mol. The van der Waals surface area contributed by atoms with Gasteiger partial charge in [-0.3, -0.25) is 24.3 Å². The van der Waals surface area contributed by atoms with Crippen LogP contribution in [0, 0.1) is 22.9 Å². The smallest absolute Gasteiger partial charge is 0.349 e. The maximum absolute atomic E-state index is 13.5. The van der Waals surface area contributed by atoms with Gasteiger partial charge in [0.15, 0.2) is 6.10 Å². The number of carbonyl (C=O) groups excluding carboxylic acids is 2. The van der Waals surface area contributed by atoms with Crippen LogP contribution in [0.5, 0.6) is 0 Å². The van der Waals surface area contributed by atoms with E-state index in [0.29, 0.717) is 34.6 Å². The second-order valence-corrected chi connectivity index (χ2v) is 8.28. The molecule has 0 saturated carbocycles. The van der Waals surface area contributed by atoms with Crippen molar-refractivity contribution < 1.29 is 23.6 Å². The fraction of sp³-hybridized carbons (Fsp3) is 0.300. The lowest BCUT2D eigenvalue weighted by Gasteiger charge is -2.13. The van der Waals surface area contributed by atoms with E-state index >= 15 is 0 Å². The molecule has 1 amide bonds. The van der Waals surface area contributed by atoms with E-state index in [-0.39, 0.29) is 16.1 Å². The Morgan fingerprint density at radius 2 is 2.16 bits per heavy atom. The Labute approximate surface area is 183 Å². The molecule has 3 aromatic rings. The zero-order valence-corrected chi connectivity index (χ0v) is 17.8. The first-order valence-corrected chi connectivity index (χ1v) is 10.5. The maximum Gasteiger partial charge on any atom is 0.349 e. The van der Waals surface area contributed by atoms with Crippen molar-refractivity contribution in [3.63, 3.8) is 0 Å². The molecule has 3 heterocycles. The van der Waals surface area contributed by atoms with Crippen LogP contribution in [0.1, 0.15) is 34.4 Å². The monoisotopic (exact) mass is 460 g/mol. The molecule has 10 nitrogen and oxygen atoms in total. The number of fused-ring (bicyclic) bond motifs is 2. The SMILES string of the molecule is Cc1c(C(=O)OC(C)C(=O)Nc2ccc(F)c([N+](=O)[O-])c2)sc2nc3n(c(=O)c12)CCC3. The topological polar surface area (TPSA) is 133 Å². The average Bonchev–Trinajstić information content (AvgIpc) is 3.34. The van der Waals surface area contributed by atoms with E-state index in [1.54, 1.807) is 11.5 Å². The van der Waals surface area contributed by atoms with Crippen molar-refractivity contribution in [1.82, 2.24) is 9.55 Å². The van der Waals surface area contributed by atoms with Gasteiger partial charge in [-0.2, -0.15) is 4.39 Å². The first kappa shape index (κ1) is 21.6. The number of thiophene rings is 1. The Morgan fingerprint density at radius 1 is 1.41 bits per heavy atom. The molecule has 1 aromatic carbocycles. The lowest BCUT2D eigenvalue weighted by atomic mass is 10.2. The lowest BCUT2D eigenvalue weighted by Crippen LogP contribution is -2.30. The second kappa shape index (κ2) is 8.11. The zero-order valence-electron chi connectivity index (χ0n) is 17.0. The average molecular weight is 460 g/mol. The molecule has 1 N–H and O–H groups in total. The minimum atomic E-state index is -1.25. The summed E-state index contributed by atoms with van der Waals surface area (Å²) in [6, 6.07) is 2.88. The second-order valence-electron chi connectivity index (χ2n) is 7.28. The Bertz CT molecular complexity index is 1350. The van der Waals surface area contributed by atoms with E-state index in [2.05, 4.69) is 10.3 Å². The lowest BCUT2D eigenvalue weighted by molar-refractivity contribution is -0.387. The first-order chi connectivity index (χ1) is 15.2. The van der Waals surface area contributed by atoms with Crippen molar-refractivity contribution in [2.24, 2.45) is 0 Å². The number of aryl methyl sites for hydroxylation is 2. The predicted molar refractivity (Wildman–Crippen MR) is 113 cm³/mol. The summed E-state index contributed by atoms with van der Waals surface area (Å²) < 4.78 is 20.3. The Hall–Kier alpha value is -3.67. The highest BCUT2D eigenvalue weighted by atomic mass is 32.1. The third-order valence-corrected chi connectivity index (χ3v) is 6.33. The Balaban J connectivity index is 1.52. The van der Waals surface area contributed by atoms with Crippen LogP contribution in [0.4, 0.5) is 15.8 Å². The number of hydrogen-bond donors (Lipinski definition) is 1. The van der Waals surface area contributed by atoms with Crippen molar-refractivity contribution in [2.75, 3.05) is 5.32 Å². The van der Waals surface area contributed by atoms with E-state index in [0.717, 1.165) is 36.0 Å². The first-order valence-electron chi connectivity index (χ1n) is 9.66. The Kier molecular flexibility index (Phi) is 5.46. The fourth-order valence-electron chi connectivity index (χ4n) is 3.51. The summed E-state index contributed by atoms with van der Waals surface area (Å²) >= 11 is 1.03. The van der Waals surface area contributed by atoms with Gasteiger partial charge in [-0.05, 0) is 38.0 Å². The maximum atomic E-state index is 13.5. The van der Waals surface area contributed by atoms with E-state index in [4.69, 9.17) is 4.74 Å². The van der Waals surface area contributed by atoms with Gasteiger partial charge in [0, 0.05) is 24.7 Å². The van der Waals surface area contributed by atoms with Crippen LogP contribution in [0.2, 0.25) is 0 Å². The number of benzene rings is 1. The highest BCUT2D eigenvalue weighted by molar-refractivity contribution is 7.20. The summed E-state index contributed by atoms with van der Waals surface area (Å²) in [5.41, 5.74) is -0.565. The van der Waals surface area contributed by atoms with Gasteiger partial charge in [-0.1, -0.05) is 0 Å². The van der Waals surface area contributed by atoms with Crippen LogP contribution in [0.15, 0.2) is 23.0 Å². The van der Waals surface area contributed by atoms with Gasteiger partial charge in [-0.15, -0.1) is 11.3 Å². The summed E-state index contributed by atoms with van der Waals surface area (Å²) in [5.74, 6) is -1.90. The molecule has 1 unspecified atom stereocenters. The molecule has 0 saturated heterocycles. The number of ether oxygens (including phenoxy) is 1. The van der Waals surface area contributed by atoms with Crippen LogP contribution in [-0.2, 0) is 22.5 Å². The van der Waals surface area contributed by atoms with Crippen LogP contribution in [-0.4, -0.2) is 32.5 Å². The van der Waals surface area contributed by atoms with Gasteiger partial charge in [0.1, 0.15) is 15.5 Å². The number of esters is 1. The molecule has 0 bridgehead atoms. The number of nitrogens with zero attached hydrogens (tertiary/aromatic N) is 3. The molecule has 166 valence electrons. The predicted octanol–water partition coefficient (Wildman–Crippen LogP) is 2.94. The summed E-state index contributed by atoms with van der Waals surface area (Å²) in [7, 11) is 0. The molecule has 12 heteroatoms. The van der Waals surface area contributed by atoms with Crippen LogP contribution >= 0.6 is 11.3 Å². The van der Waals surface area contributed by atoms with E-state index in [1.165, 1.54) is 6.92 Å². The highest BCUT2D eigenvalue weighted by Gasteiger charge is 2.27. The number of nitrogens with one attached hydrogen (secondary N) is 1. The molecule has 1 atom stereocenters. The number of aromatic nitrogens is 2. The number of nitro groups is 1. The molecule has 32 heavy (non-hydrogen) atoms. The van der Waals surface area contributed by atoms with Gasteiger partial charge >= 0.3 is 11.7 Å². The van der Waals surface area contributed by atoms with Gasteiger partial charge in [0.2, 0.25) is 5.82 Å². The minimum Gasteiger partial charge on any atom is -0.448 e. The van der Waals surface area contributed by atoms with Gasteiger partial charge < -0.3 is 10.1 Å². The van der Waals surface area contributed by atoms with E-state index < -0.39 is 34.4 Å². The van der Waals surface area contributed by atoms with Crippen LogP contribution in [0.3, 0.4) is 0 Å². The Morgan fingerprint density at radius 3 is 2.88 bits per heavy atom. The minimum absolute atomic E-state index is 0.0178. The van der Waals surface area contributed by atoms with Crippen molar-refractivity contribution in [3.05, 3.63) is 60.7 Å². The third-order valence-electron chi connectivity index (χ3n) is 5.16. The van der Waals surface area contributed by atoms with Crippen molar-refractivity contribution in [2.45, 2.75) is 39.3 Å². The third kappa shape index (κ3) is 3.73. The molecule has 0 radical (unpaired) electrons. The van der Waals surface area contributed by atoms with Crippen LogP contribution in [0.25, 0.3) is 10.2 Å².